The molecule has 0 spiro atoms. The molecule has 18 heavy (non-hydrogen) atoms. The quantitative estimate of drug-likeness (QED) is 0.800. The standard InChI is InChI=1S/C11H9ClN4O2/c12-7-3-1-6(2-4-7)9(17)5-8-10(18)14-11(13)16-15-8/h1-4H,5H2,(H3,13,14,16,18). The molecule has 3 N–H and O–H groups in total. The summed E-state index contributed by atoms with van der Waals surface area (Å²) in [6.45, 7) is 0. The van der Waals surface area contributed by atoms with Gasteiger partial charge in [0.25, 0.3) is 5.56 Å². The van der Waals surface area contributed by atoms with E-state index in [0.717, 1.165) is 0 Å². The maximum atomic E-state index is 11.9. The van der Waals surface area contributed by atoms with Crippen LogP contribution in [0.1, 0.15) is 16.1 Å². The van der Waals surface area contributed by atoms with Crippen molar-refractivity contribution in [2.45, 2.75) is 6.42 Å². The minimum Gasteiger partial charge on any atom is -0.368 e. The molecule has 0 radical (unpaired) electrons. The van der Waals surface area contributed by atoms with E-state index < -0.39 is 5.56 Å². The van der Waals surface area contributed by atoms with Gasteiger partial charge in [-0.15, -0.1) is 10.2 Å². The maximum Gasteiger partial charge on any atom is 0.274 e. The van der Waals surface area contributed by atoms with Crippen molar-refractivity contribution in [1.82, 2.24) is 15.2 Å². The summed E-state index contributed by atoms with van der Waals surface area (Å²) in [5, 5.41) is 7.63. The molecule has 0 saturated carbocycles. The Morgan fingerprint density at radius 3 is 2.56 bits per heavy atom. The zero-order valence-corrected chi connectivity index (χ0v) is 9.94. The predicted molar refractivity (Wildman–Crippen MR) is 66.6 cm³/mol. The third-order valence-electron chi connectivity index (χ3n) is 2.28. The summed E-state index contributed by atoms with van der Waals surface area (Å²) in [6, 6.07) is 6.38. The van der Waals surface area contributed by atoms with Crippen molar-refractivity contribution in [2.75, 3.05) is 5.73 Å². The van der Waals surface area contributed by atoms with E-state index in [0.29, 0.717) is 10.6 Å². The smallest absolute Gasteiger partial charge is 0.274 e. The number of benzene rings is 1. The molecule has 0 bridgehead atoms. The van der Waals surface area contributed by atoms with Crippen molar-refractivity contribution >= 4 is 23.3 Å². The van der Waals surface area contributed by atoms with Crippen LogP contribution in [0.15, 0.2) is 29.1 Å². The SMILES string of the molecule is Nc1nnc(CC(=O)c2ccc(Cl)cc2)c(=O)[nH]1. The van der Waals surface area contributed by atoms with Crippen molar-refractivity contribution in [3.63, 3.8) is 0 Å². The summed E-state index contributed by atoms with van der Waals surface area (Å²) in [5.74, 6) is -0.320. The van der Waals surface area contributed by atoms with Crippen LogP contribution in [-0.2, 0) is 6.42 Å². The predicted octanol–water partition coefficient (Wildman–Crippen LogP) is 0.826. The van der Waals surface area contributed by atoms with Crippen molar-refractivity contribution < 1.29 is 4.79 Å². The van der Waals surface area contributed by atoms with Gasteiger partial charge in [0.1, 0.15) is 5.69 Å². The highest BCUT2D eigenvalue weighted by atomic mass is 35.5. The van der Waals surface area contributed by atoms with E-state index >= 15 is 0 Å². The molecule has 2 rings (SSSR count). The van der Waals surface area contributed by atoms with E-state index in [1.807, 2.05) is 0 Å². The normalized spacial score (nSPS) is 10.3. The van der Waals surface area contributed by atoms with E-state index in [4.69, 9.17) is 17.3 Å². The molecule has 0 aliphatic heterocycles. The molecule has 0 unspecified atom stereocenters. The molecule has 0 saturated heterocycles. The molecule has 0 fully saturated rings. The van der Waals surface area contributed by atoms with Crippen molar-refractivity contribution in [3.8, 4) is 0 Å². The second-order valence-corrected chi connectivity index (χ2v) is 4.03. The number of nitrogens with zero attached hydrogens (tertiary/aromatic N) is 2. The van der Waals surface area contributed by atoms with Crippen molar-refractivity contribution in [2.24, 2.45) is 0 Å². The molecule has 6 nitrogen and oxygen atoms in total. The summed E-state index contributed by atoms with van der Waals surface area (Å²) in [6.07, 6.45) is -0.135. The lowest BCUT2D eigenvalue weighted by molar-refractivity contribution is 0.0991. The number of nitrogens with one attached hydrogen (secondary N) is 1. The molecule has 0 aliphatic rings. The molecule has 1 heterocycles. The zero-order valence-electron chi connectivity index (χ0n) is 9.18. The van der Waals surface area contributed by atoms with Gasteiger partial charge >= 0.3 is 0 Å². The van der Waals surface area contributed by atoms with Crippen LogP contribution < -0.4 is 11.3 Å². The van der Waals surface area contributed by atoms with E-state index in [1.165, 1.54) is 0 Å². The van der Waals surface area contributed by atoms with E-state index in [-0.39, 0.29) is 23.8 Å². The van der Waals surface area contributed by atoms with Crippen molar-refractivity contribution in [3.05, 3.63) is 50.9 Å². The number of nitrogens with two attached hydrogens (primary N) is 1. The Kier molecular flexibility index (Phi) is 3.38. The Morgan fingerprint density at radius 2 is 1.94 bits per heavy atom. The Hall–Kier alpha value is -2.21. The van der Waals surface area contributed by atoms with Crippen LogP contribution in [0.5, 0.6) is 0 Å². The molecule has 0 atom stereocenters. The highest BCUT2D eigenvalue weighted by Crippen LogP contribution is 2.10. The Morgan fingerprint density at radius 1 is 1.28 bits per heavy atom. The first kappa shape index (κ1) is 12.3. The zero-order chi connectivity index (χ0) is 13.1. The number of anilines is 1. The number of ketones is 1. The van der Waals surface area contributed by atoms with Gasteiger partial charge in [0.05, 0.1) is 6.42 Å². The van der Waals surface area contributed by atoms with Crippen LogP contribution in [-0.4, -0.2) is 21.0 Å². The van der Waals surface area contributed by atoms with Crippen LogP contribution in [0.4, 0.5) is 5.95 Å². The number of carbonyl (C=O) groups is 1. The largest absolute Gasteiger partial charge is 0.368 e. The fourth-order valence-corrected chi connectivity index (χ4v) is 1.50. The fourth-order valence-electron chi connectivity index (χ4n) is 1.38. The van der Waals surface area contributed by atoms with Gasteiger partial charge in [0.2, 0.25) is 5.95 Å². The summed E-state index contributed by atoms with van der Waals surface area (Å²) in [5.41, 5.74) is 5.24. The molecule has 1 aromatic carbocycles. The molecule has 0 amide bonds. The van der Waals surface area contributed by atoms with Crippen LogP contribution in [0, 0.1) is 0 Å². The summed E-state index contributed by atoms with van der Waals surface area (Å²) >= 11 is 5.72. The first-order valence-corrected chi connectivity index (χ1v) is 5.44. The minimum atomic E-state index is -0.509. The fraction of sp³-hybridized carbons (Fsp3) is 0.0909. The highest BCUT2D eigenvalue weighted by Gasteiger charge is 2.11. The number of nitrogen functional groups attached to an aromatic ring is 1. The number of hydrogen-bond donors (Lipinski definition) is 2. The van der Waals surface area contributed by atoms with E-state index in [1.54, 1.807) is 24.3 Å². The number of Topliss-reactive ketones (excluding diaryl/α,β-unsaturated/α-hetero) is 1. The Labute approximate surface area is 107 Å². The van der Waals surface area contributed by atoms with Crippen LogP contribution in [0.3, 0.4) is 0 Å². The van der Waals surface area contributed by atoms with Gasteiger partial charge in [-0.25, -0.2) is 0 Å². The molecule has 0 aliphatic carbocycles. The number of H-pyrrole nitrogens is 1. The number of rotatable bonds is 3. The topological polar surface area (TPSA) is 102 Å². The van der Waals surface area contributed by atoms with Crippen LogP contribution >= 0.6 is 11.6 Å². The third-order valence-corrected chi connectivity index (χ3v) is 2.53. The van der Waals surface area contributed by atoms with Gasteiger partial charge in [-0.3, -0.25) is 14.6 Å². The first-order valence-electron chi connectivity index (χ1n) is 5.06. The molecule has 1 aromatic heterocycles. The lowest BCUT2D eigenvalue weighted by Crippen LogP contribution is -2.21. The lowest BCUT2D eigenvalue weighted by atomic mass is 10.1. The van der Waals surface area contributed by atoms with E-state index in [9.17, 15) is 9.59 Å². The summed E-state index contributed by atoms with van der Waals surface area (Å²) < 4.78 is 0. The number of aromatic nitrogens is 3. The molecular formula is C11H9ClN4O2. The second-order valence-electron chi connectivity index (χ2n) is 3.59. The summed E-state index contributed by atoms with van der Waals surface area (Å²) in [7, 11) is 0. The van der Waals surface area contributed by atoms with Gasteiger partial charge in [-0.2, -0.15) is 0 Å². The molecular weight excluding hydrogens is 256 g/mol. The molecule has 7 heteroatoms. The molecule has 2 aromatic rings. The average molecular weight is 265 g/mol. The van der Waals surface area contributed by atoms with Gasteiger partial charge in [0.15, 0.2) is 5.78 Å². The van der Waals surface area contributed by atoms with Gasteiger partial charge in [-0.1, -0.05) is 11.6 Å². The monoisotopic (exact) mass is 264 g/mol. The Balaban J connectivity index is 2.21. The lowest BCUT2D eigenvalue weighted by Gasteiger charge is -2.00. The van der Waals surface area contributed by atoms with E-state index in [2.05, 4.69) is 15.2 Å². The number of halogens is 1. The number of aromatic amines is 1. The maximum absolute atomic E-state index is 11.9. The number of carbonyl (C=O) groups excluding carboxylic acids is 1. The van der Waals surface area contributed by atoms with Gasteiger partial charge in [-0.05, 0) is 24.3 Å². The second kappa shape index (κ2) is 4.97. The van der Waals surface area contributed by atoms with Crippen molar-refractivity contribution in [1.29, 1.82) is 0 Å². The third kappa shape index (κ3) is 2.72. The Bertz CT molecular complexity index is 636. The van der Waals surface area contributed by atoms with Crippen LogP contribution in [0.2, 0.25) is 5.02 Å². The van der Waals surface area contributed by atoms with Gasteiger partial charge < -0.3 is 5.73 Å². The van der Waals surface area contributed by atoms with Gasteiger partial charge in [0, 0.05) is 10.6 Å². The van der Waals surface area contributed by atoms with Crippen LogP contribution in [0.25, 0.3) is 0 Å². The summed E-state index contributed by atoms with van der Waals surface area (Å²) in [4.78, 5) is 25.6. The first-order chi connectivity index (χ1) is 8.56. The number of hydrogen-bond acceptors (Lipinski definition) is 5. The molecule has 92 valence electrons. The average Bonchev–Trinajstić information content (AvgIpc) is 2.33. The highest BCUT2D eigenvalue weighted by molar-refractivity contribution is 6.30. The minimum absolute atomic E-state index is 0.0316.